The average molecular weight is 451 g/mol. The van der Waals surface area contributed by atoms with E-state index in [4.69, 9.17) is 0 Å². The number of guanidine groups is 1. The lowest BCUT2D eigenvalue weighted by molar-refractivity contribution is 0.506. The van der Waals surface area contributed by atoms with E-state index in [9.17, 15) is 8.42 Å². The minimum atomic E-state index is -2.94. The van der Waals surface area contributed by atoms with Crippen LogP contribution in [0.25, 0.3) is 0 Å². The lowest BCUT2D eigenvalue weighted by Crippen LogP contribution is -2.41. The molecule has 0 spiro atoms. The Hall–Kier alpha value is -0.830. The first-order valence-corrected chi connectivity index (χ1v) is 9.53. The summed E-state index contributed by atoms with van der Waals surface area (Å²) in [5.41, 5.74) is 1.05. The molecule has 0 heterocycles. The van der Waals surface area contributed by atoms with E-state index in [1.165, 1.54) is 6.26 Å². The van der Waals surface area contributed by atoms with Crippen LogP contribution in [0.4, 0.5) is 0 Å². The van der Waals surface area contributed by atoms with Crippen molar-refractivity contribution in [3.8, 4) is 0 Å². The highest BCUT2D eigenvalue weighted by Gasteiger charge is 2.45. The predicted octanol–water partition coefficient (Wildman–Crippen LogP) is 2.14. The Morgan fingerprint density at radius 3 is 2.35 bits per heavy atom. The van der Waals surface area contributed by atoms with E-state index in [0.717, 1.165) is 24.4 Å². The van der Waals surface area contributed by atoms with Crippen molar-refractivity contribution in [3.05, 3.63) is 35.9 Å². The number of benzene rings is 1. The van der Waals surface area contributed by atoms with Gasteiger partial charge in [0.1, 0.15) is 9.84 Å². The third-order valence-electron chi connectivity index (χ3n) is 3.82. The molecule has 1 fully saturated rings. The molecule has 1 aromatic rings. The van der Waals surface area contributed by atoms with E-state index < -0.39 is 9.84 Å². The fourth-order valence-corrected chi connectivity index (χ4v) is 3.98. The van der Waals surface area contributed by atoms with Crippen LogP contribution >= 0.6 is 24.0 Å². The molecule has 23 heavy (non-hydrogen) atoms. The normalized spacial score (nSPS) is 16.4. The molecule has 0 saturated heterocycles. The van der Waals surface area contributed by atoms with Crippen LogP contribution in [-0.4, -0.2) is 51.9 Å². The second kappa shape index (κ2) is 8.32. The van der Waals surface area contributed by atoms with Gasteiger partial charge in [-0.25, -0.2) is 13.4 Å². The summed E-state index contributed by atoms with van der Waals surface area (Å²) in [6.07, 6.45) is 3.24. The first-order valence-electron chi connectivity index (χ1n) is 7.47. The lowest BCUT2D eigenvalue weighted by Gasteiger charge is -2.21. The van der Waals surface area contributed by atoms with E-state index in [2.05, 4.69) is 10.3 Å². The van der Waals surface area contributed by atoms with Crippen LogP contribution in [0.15, 0.2) is 35.3 Å². The van der Waals surface area contributed by atoms with Crippen molar-refractivity contribution < 1.29 is 8.42 Å². The van der Waals surface area contributed by atoms with Crippen molar-refractivity contribution in [2.45, 2.75) is 19.4 Å². The van der Waals surface area contributed by atoms with Crippen molar-refractivity contribution in [2.24, 2.45) is 10.4 Å². The number of aliphatic imine (C=N–C) groups is 1. The van der Waals surface area contributed by atoms with Gasteiger partial charge in [-0.1, -0.05) is 30.3 Å². The zero-order valence-corrected chi connectivity index (χ0v) is 17.1. The molecule has 5 nitrogen and oxygen atoms in total. The molecule has 130 valence electrons. The average Bonchev–Trinajstić information content (AvgIpc) is 3.17. The fourth-order valence-electron chi connectivity index (χ4n) is 2.48. The molecule has 1 aliphatic rings. The summed E-state index contributed by atoms with van der Waals surface area (Å²) >= 11 is 0. The Bertz CT molecular complexity index is 626. The van der Waals surface area contributed by atoms with Gasteiger partial charge in [-0.05, 0) is 18.4 Å². The molecule has 1 N–H and O–H groups in total. The van der Waals surface area contributed by atoms with Crippen LogP contribution in [0.3, 0.4) is 0 Å². The van der Waals surface area contributed by atoms with Crippen molar-refractivity contribution in [2.75, 3.05) is 32.6 Å². The van der Waals surface area contributed by atoms with Crippen LogP contribution in [0.5, 0.6) is 0 Å². The van der Waals surface area contributed by atoms with E-state index in [0.29, 0.717) is 13.1 Å². The van der Waals surface area contributed by atoms with E-state index in [1.807, 2.05) is 49.3 Å². The van der Waals surface area contributed by atoms with Crippen molar-refractivity contribution >= 4 is 39.8 Å². The van der Waals surface area contributed by atoms with Gasteiger partial charge in [0.25, 0.3) is 0 Å². The second-order valence-electron chi connectivity index (χ2n) is 6.44. The zero-order valence-electron chi connectivity index (χ0n) is 13.9. The molecule has 0 aliphatic heterocycles. The topological polar surface area (TPSA) is 61.8 Å². The summed E-state index contributed by atoms with van der Waals surface area (Å²) in [5.74, 6) is 1.05. The Kier molecular flexibility index (Phi) is 7.31. The first kappa shape index (κ1) is 20.2. The van der Waals surface area contributed by atoms with Gasteiger partial charge in [-0.15, -0.1) is 24.0 Å². The van der Waals surface area contributed by atoms with Gasteiger partial charge in [0.05, 0.1) is 12.3 Å². The molecule has 0 bridgehead atoms. The molecule has 0 radical (unpaired) electrons. The number of hydrogen-bond acceptors (Lipinski definition) is 3. The number of nitrogens with one attached hydrogen (secondary N) is 1. The van der Waals surface area contributed by atoms with Crippen molar-refractivity contribution in [1.29, 1.82) is 0 Å². The van der Waals surface area contributed by atoms with Crippen molar-refractivity contribution in [1.82, 2.24) is 10.2 Å². The van der Waals surface area contributed by atoms with E-state index in [1.54, 1.807) is 0 Å². The molecular weight excluding hydrogens is 425 g/mol. The van der Waals surface area contributed by atoms with Gasteiger partial charge in [0.2, 0.25) is 0 Å². The number of hydrogen-bond donors (Lipinski definition) is 1. The molecule has 1 aliphatic carbocycles. The lowest BCUT2D eigenvalue weighted by atomic mass is 10.1. The van der Waals surface area contributed by atoms with Crippen LogP contribution in [0.1, 0.15) is 18.4 Å². The fraction of sp³-hybridized carbons (Fsp3) is 0.562. The largest absolute Gasteiger partial charge is 0.356 e. The molecule has 0 atom stereocenters. The van der Waals surface area contributed by atoms with Crippen LogP contribution in [0, 0.1) is 5.41 Å². The SMILES string of the molecule is CN(C)C(=NCc1ccccc1)NCC1(CS(C)(=O)=O)CC1.I. The van der Waals surface area contributed by atoms with Gasteiger partial charge in [0.15, 0.2) is 5.96 Å². The van der Waals surface area contributed by atoms with Gasteiger partial charge in [0, 0.05) is 32.3 Å². The third-order valence-corrected chi connectivity index (χ3v) is 4.96. The molecule has 7 heteroatoms. The maximum absolute atomic E-state index is 11.5. The minimum absolute atomic E-state index is 0. The summed E-state index contributed by atoms with van der Waals surface area (Å²) in [6.45, 7) is 1.27. The molecule has 0 aromatic heterocycles. The summed E-state index contributed by atoms with van der Waals surface area (Å²) in [4.78, 5) is 6.53. The maximum Gasteiger partial charge on any atom is 0.193 e. The maximum atomic E-state index is 11.5. The van der Waals surface area contributed by atoms with Crippen molar-refractivity contribution in [3.63, 3.8) is 0 Å². The van der Waals surface area contributed by atoms with Gasteiger partial charge in [-0.3, -0.25) is 0 Å². The standard InChI is InChI=1S/C16H25N3O2S.HI/c1-19(2)15(17-11-14-7-5-4-6-8-14)18-12-16(9-10-16)13-22(3,20)21;/h4-8H,9-13H2,1-3H3,(H,17,18);1H. The summed E-state index contributed by atoms with van der Waals surface area (Å²) < 4.78 is 23.0. The Morgan fingerprint density at radius 1 is 1.26 bits per heavy atom. The highest BCUT2D eigenvalue weighted by atomic mass is 127. The minimum Gasteiger partial charge on any atom is -0.356 e. The van der Waals surface area contributed by atoms with Gasteiger partial charge >= 0.3 is 0 Å². The molecular formula is C16H26IN3O2S. The first-order chi connectivity index (χ1) is 10.3. The highest BCUT2D eigenvalue weighted by molar-refractivity contribution is 14.0. The highest BCUT2D eigenvalue weighted by Crippen LogP contribution is 2.46. The Morgan fingerprint density at radius 2 is 1.87 bits per heavy atom. The monoisotopic (exact) mass is 451 g/mol. The molecule has 1 saturated carbocycles. The predicted molar refractivity (Wildman–Crippen MR) is 106 cm³/mol. The molecule has 1 aromatic carbocycles. The smallest absolute Gasteiger partial charge is 0.193 e. The quantitative estimate of drug-likeness (QED) is 0.409. The Balaban J connectivity index is 0.00000264. The Labute approximate surface area is 156 Å². The molecule has 0 amide bonds. The number of sulfone groups is 1. The van der Waals surface area contributed by atoms with Crippen LogP contribution in [0.2, 0.25) is 0 Å². The van der Waals surface area contributed by atoms with Crippen LogP contribution < -0.4 is 5.32 Å². The number of nitrogens with zero attached hydrogens (tertiary/aromatic N) is 2. The molecule has 0 unspecified atom stereocenters. The summed E-state index contributed by atoms with van der Waals surface area (Å²) in [7, 11) is 0.939. The van der Waals surface area contributed by atoms with E-state index in [-0.39, 0.29) is 35.1 Å². The second-order valence-corrected chi connectivity index (χ2v) is 8.58. The third kappa shape index (κ3) is 7.07. The van der Waals surface area contributed by atoms with Gasteiger partial charge < -0.3 is 10.2 Å². The van der Waals surface area contributed by atoms with E-state index >= 15 is 0 Å². The van der Waals surface area contributed by atoms with Crippen LogP contribution in [-0.2, 0) is 16.4 Å². The summed E-state index contributed by atoms with van der Waals surface area (Å²) in [5, 5.41) is 3.33. The number of halogens is 1. The zero-order chi connectivity index (χ0) is 16.2. The van der Waals surface area contributed by atoms with Gasteiger partial charge in [-0.2, -0.15) is 0 Å². The summed E-state index contributed by atoms with van der Waals surface area (Å²) in [6, 6.07) is 10.1. The number of rotatable bonds is 6. The molecule has 2 rings (SSSR count).